The van der Waals surface area contributed by atoms with E-state index in [4.69, 9.17) is 11.6 Å². The lowest BCUT2D eigenvalue weighted by atomic mass is 10.2. The second-order valence-corrected chi connectivity index (χ2v) is 6.29. The third-order valence-corrected chi connectivity index (χ3v) is 4.17. The highest BCUT2D eigenvalue weighted by atomic mass is 35.5. The van der Waals surface area contributed by atoms with Crippen LogP contribution in [0, 0.1) is 18.6 Å². The quantitative estimate of drug-likeness (QED) is 0.937. The molecule has 0 bridgehead atoms. The van der Waals surface area contributed by atoms with E-state index in [1.807, 2.05) is 0 Å². The van der Waals surface area contributed by atoms with Gasteiger partial charge in [-0.25, -0.2) is 17.2 Å². The summed E-state index contributed by atoms with van der Waals surface area (Å²) >= 11 is 5.79. The molecule has 0 spiro atoms. The summed E-state index contributed by atoms with van der Waals surface area (Å²) in [6.07, 6.45) is 0. The highest BCUT2D eigenvalue weighted by Crippen LogP contribution is 2.24. The van der Waals surface area contributed by atoms with Crippen molar-refractivity contribution in [1.29, 1.82) is 0 Å². The van der Waals surface area contributed by atoms with Crippen LogP contribution in [-0.2, 0) is 10.0 Å². The third kappa shape index (κ3) is 3.26. The summed E-state index contributed by atoms with van der Waals surface area (Å²) in [6.45, 7) is 1.68. The van der Waals surface area contributed by atoms with Crippen LogP contribution in [0.2, 0.25) is 5.02 Å². The predicted molar refractivity (Wildman–Crippen MR) is 73.4 cm³/mol. The van der Waals surface area contributed by atoms with E-state index >= 15 is 0 Å². The fourth-order valence-corrected chi connectivity index (χ4v) is 2.93. The van der Waals surface area contributed by atoms with Gasteiger partial charge in [0.05, 0.1) is 10.6 Å². The average molecular weight is 318 g/mol. The van der Waals surface area contributed by atoms with Gasteiger partial charge >= 0.3 is 0 Å². The van der Waals surface area contributed by atoms with Crippen molar-refractivity contribution in [3.05, 3.63) is 58.6 Å². The molecule has 2 aromatic rings. The fraction of sp³-hybridized carbons (Fsp3) is 0.0769. The lowest BCUT2D eigenvalue weighted by Crippen LogP contribution is -2.14. The van der Waals surface area contributed by atoms with E-state index in [1.54, 1.807) is 19.1 Å². The molecule has 0 aliphatic rings. The Balaban J connectivity index is 2.43. The van der Waals surface area contributed by atoms with Gasteiger partial charge in [-0.05, 0) is 36.8 Å². The highest BCUT2D eigenvalue weighted by molar-refractivity contribution is 7.92. The Morgan fingerprint density at radius 2 is 1.65 bits per heavy atom. The van der Waals surface area contributed by atoms with E-state index in [9.17, 15) is 17.2 Å². The highest BCUT2D eigenvalue weighted by Gasteiger charge is 2.17. The molecule has 0 aliphatic heterocycles. The lowest BCUT2D eigenvalue weighted by molar-refractivity contribution is 0.568. The number of anilines is 1. The Morgan fingerprint density at radius 1 is 1.05 bits per heavy atom. The fourth-order valence-electron chi connectivity index (χ4n) is 1.59. The topological polar surface area (TPSA) is 46.2 Å². The van der Waals surface area contributed by atoms with Crippen molar-refractivity contribution in [2.24, 2.45) is 0 Å². The van der Waals surface area contributed by atoms with Gasteiger partial charge in [0, 0.05) is 11.1 Å². The van der Waals surface area contributed by atoms with Gasteiger partial charge in [0.25, 0.3) is 10.0 Å². The first-order valence-electron chi connectivity index (χ1n) is 5.53. The van der Waals surface area contributed by atoms with Gasteiger partial charge < -0.3 is 0 Å². The maximum absolute atomic E-state index is 13.1. The molecule has 0 fully saturated rings. The Bertz CT molecular complexity index is 743. The van der Waals surface area contributed by atoms with Crippen LogP contribution < -0.4 is 4.72 Å². The van der Waals surface area contributed by atoms with Crippen LogP contribution in [-0.4, -0.2) is 8.42 Å². The molecular formula is C13H10ClF2NO2S. The summed E-state index contributed by atoms with van der Waals surface area (Å²) in [5.74, 6) is -1.93. The van der Waals surface area contributed by atoms with Gasteiger partial charge in [0.2, 0.25) is 0 Å². The van der Waals surface area contributed by atoms with Gasteiger partial charge in [0.15, 0.2) is 0 Å². The van der Waals surface area contributed by atoms with Crippen LogP contribution in [0.3, 0.4) is 0 Å². The molecule has 0 atom stereocenters. The molecule has 106 valence electrons. The van der Waals surface area contributed by atoms with Crippen LogP contribution in [0.15, 0.2) is 41.3 Å². The smallest absolute Gasteiger partial charge is 0.262 e. The van der Waals surface area contributed by atoms with Crippen molar-refractivity contribution in [2.75, 3.05) is 4.72 Å². The molecule has 2 rings (SSSR count). The number of hydrogen-bond donors (Lipinski definition) is 1. The molecule has 7 heteroatoms. The molecule has 1 N–H and O–H groups in total. The number of hydrogen-bond acceptors (Lipinski definition) is 2. The predicted octanol–water partition coefficient (Wildman–Crippen LogP) is 3.73. The van der Waals surface area contributed by atoms with Crippen LogP contribution in [0.1, 0.15) is 5.56 Å². The Labute approximate surface area is 120 Å². The Kier molecular flexibility index (Phi) is 3.96. The van der Waals surface area contributed by atoms with E-state index in [2.05, 4.69) is 4.72 Å². The molecule has 0 heterocycles. The Hall–Kier alpha value is -1.66. The third-order valence-electron chi connectivity index (χ3n) is 2.59. The standard InChI is InChI=1S/C13H10ClF2NO2S/c1-8-2-3-9(14)4-13(8)17-20(18,19)12-6-10(15)5-11(16)7-12/h2-7,17H,1H3. The normalized spacial score (nSPS) is 11.4. The summed E-state index contributed by atoms with van der Waals surface area (Å²) < 4.78 is 52.6. The first kappa shape index (κ1) is 14.7. The number of nitrogens with one attached hydrogen (secondary N) is 1. The van der Waals surface area contributed by atoms with Crippen LogP contribution in [0.25, 0.3) is 0 Å². The largest absolute Gasteiger partial charge is 0.279 e. The monoisotopic (exact) mass is 317 g/mol. The second kappa shape index (κ2) is 5.38. The maximum atomic E-state index is 13.1. The van der Waals surface area contributed by atoms with Crippen molar-refractivity contribution < 1.29 is 17.2 Å². The SMILES string of the molecule is Cc1ccc(Cl)cc1NS(=O)(=O)c1cc(F)cc(F)c1. The number of halogens is 3. The number of sulfonamides is 1. The van der Waals surface area contributed by atoms with Gasteiger partial charge in [-0.3, -0.25) is 4.72 Å². The number of benzene rings is 2. The lowest BCUT2D eigenvalue weighted by Gasteiger charge is -2.11. The first-order valence-corrected chi connectivity index (χ1v) is 7.39. The van der Waals surface area contributed by atoms with Crippen LogP contribution in [0.5, 0.6) is 0 Å². The molecule has 0 unspecified atom stereocenters. The molecule has 3 nitrogen and oxygen atoms in total. The minimum Gasteiger partial charge on any atom is -0.279 e. The summed E-state index contributed by atoms with van der Waals surface area (Å²) in [5, 5.41) is 0.346. The maximum Gasteiger partial charge on any atom is 0.262 e. The zero-order chi connectivity index (χ0) is 14.9. The Morgan fingerprint density at radius 3 is 2.25 bits per heavy atom. The second-order valence-electron chi connectivity index (χ2n) is 4.17. The van der Waals surface area contributed by atoms with E-state index in [0.29, 0.717) is 16.7 Å². The average Bonchev–Trinajstić information content (AvgIpc) is 2.32. The minimum atomic E-state index is -4.09. The molecule has 0 saturated heterocycles. The van der Waals surface area contributed by atoms with Crippen molar-refractivity contribution in [3.8, 4) is 0 Å². The summed E-state index contributed by atoms with van der Waals surface area (Å²) in [5.41, 5.74) is 0.886. The molecule has 0 amide bonds. The van der Waals surface area contributed by atoms with E-state index < -0.39 is 26.6 Å². The van der Waals surface area contributed by atoms with Gasteiger partial charge in [-0.15, -0.1) is 0 Å². The van der Waals surface area contributed by atoms with Crippen LogP contribution in [0.4, 0.5) is 14.5 Å². The van der Waals surface area contributed by atoms with E-state index in [1.165, 1.54) is 6.07 Å². The molecule has 20 heavy (non-hydrogen) atoms. The zero-order valence-electron chi connectivity index (χ0n) is 10.3. The molecular weight excluding hydrogens is 308 g/mol. The van der Waals surface area contributed by atoms with Crippen molar-refractivity contribution in [3.63, 3.8) is 0 Å². The number of rotatable bonds is 3. The van der Waals surface area contributed by atoms with Crippen molar-refractivity contribution >= 4 is 27.3 Å². The first-order chi connectivity index (χ1) is 9.28. The van der Waals surface area contributed by atoms with Gasteiger partial charge in [-0.2, -0.15) is 0 Å². The summed E-state index contributed by atoms with van der Waals surface area (Å²) in [6, 6.07) is 6.74. The summed E-state index contributed by atoms with van der Waals surface area (Å²) in [7, 11) is -4.09. The molecule has 0 saturated carbocycles. The number of aryl methyl sites for hydroxylation is 1. The van der Waals surface area contributed by atoms with Crippen molar-refractivity contribution in [1.82, 2.24) is 0 Å². The zero-order valence-corrected chi connectivity index (χ0v) is 11.9. The minimum absolute atomic E-state index is 0.252. The molecule has 0 aromatic heterocycles. The van der Waals surface area contributed by atoms with Crippen molar-refractivity contribution in [2.45, 2.75) is 11.8 Å². The molecule has 2 aromatic carbocycles. The molecule has 0 aliphatic carbocycles. The van der Waals surface area contributed by atoms with Gasteiger partial charge in [-0.1, -0.05) is 17.7 Å². The van der Waals surface area contributed by atoms with E-state index in [-0.39, 0.29) is 5.69 Å². The van der Waals surface area contributed by atoms with Gasteiger partial charge in [0.1, 0.15) is 11.6 Å². The summed E-state index contributed by atoms with van der Waals surface area (Å²) in [4.78, 5) is -0.491. The van der Waals surface area contributed by atoms with E-state index in [0.717, 1.165) is 12.1 Å². The van der Waals surface area contributed by atoms with Crippen LogP contribution >= 0.6 is 11.6 Å². The molecule has 0 radical (unpaired) electrons.